The number of carbonyl (C=O) groups excluding carboxylic acids is 1. The summed E-state index contributed by atoms with van der Waals surface area (Å²) in [6.07, 6.45) is 3.95. The molecule has 6 nitrogen and oxygen atoms in total. The first-order chi connectivity index (χ1) is 16.3. The molecule has 4 aromatic rings. The highest BCUT2D eigenvalue weighted by atomic mass is 19.4. The second kappa shape index (κ2) is 8.32. The van der Waals surface area contributed by atoms with Gasteiger partial charge in [-0.25, -0.2) is 4.68 Å². The van der Waals surface area contributed by atoms with E-state index in [1.54, 1.807) is 25.7 Å². The number of hydrogen-bond donors (Lipinski definition) is 2. The van der Waals surface area contributed by atoms with Crippen molar-refractivity contribution in [3.8, 4) is 16.8 Å². The van der Waals surface area contributed by atoms with E-state index in [-0.39, 0.29) is 11.5 Å². The zero-order valence-electron chi connectivity index (χ0n) is 18.4. The van der Waals surface area contributed by atoms with E-state index < -0.39 is 11.7 Å². The number of amides is 1. The Hall–Kier alpha value is -3.59. The van der Waals surface area contributed by atoms with Crippen LogP contribution in [-0.4, -0.2) is 33.4 Å². The van der Waals surface area contributed by atoms with Gasteiger partial charge >= 0.3 is 6.18 Å². The van der Waals surface area contributed by atoms with Crippen LogP contribution in [-0.2, 0) is 15.7 Å². The zero-order chi connectivity index (χ0) is 23.9. The predicted octanol–water partition coefficient (Wildman–Crippen LogP) is 5.94. The average Bonchev–Trinajstić information content (AvgIpc) is 3.43. The minimum absolute atomic E-state index is 0.0945. The van der Waals surface area contributed by atoms with E-state index in [0.29, 0.717) is 17.8 Å². The lowest BCUT2D eigenvalue weighted by atomic mass is 9.77. The standard InChI is InChI=1S/C25H23F3N4O2/c1-34-24(9-2-10-24)12-23(33)31-22-14-29-21-8-3-16(11-20(21)22)17-13-30-32(15-17)19-6-4-18(5-7-19)25(26,27)28/h3-8,11,13-15,29H,2,9-10,12H2,1H3,(H,31,33). The number of hydrogen-bond acceptors (Lipinski definition) is 3. The minimum Gasteiger partial charge on any atom is -0.378 e. The topological polar surface area (TPSA) is 71.9 Å². The third-order valence-corrected chi connectivity index (χ3v) is 6.51. The molecule has 1 fully saturated rings. The number of aromatic nitrogens is 3. The molecule has 0 saturated heterocycles. The molecule has 0 unspecified atom stereocenters. The molecule has 0 radical (unpaired) electrons. The number of halogens is 3. The number of rotatable bonds is 6. The van der Waals surface area contributed by atoms with E-state index in [4.69, 9.17) is 4.74 Å². The third-order valence-electron chi connectivity index (χ3n) is 6.51. The SMILES string of the molecule is COC1(CC(=O)Nc2c[nH]c3ccc(-c4cnn(-c5ccc(C(F)(F)F)cc5)c4)cc23)CCC1. The van der Waals surface area contributed by atoms with Crippen LogP contribution in [0, 0.1) is 0 Å². The van der Waals surface area contributed by atoms with Crippen LogP contribution < -0.4 is 5.32 Å². The number of alkyl halides is 3. The summed E-state index contributed by atoms with van der Waals surface area (Å²) in [4.78, 5) is 15.8. The molecule has 0 atom stereocenters. The first-order valence-corrected chi connectivity index (χ1v) is 11.0. The Morgan fingerprint density at radius 2 is 1.94 bits per heavy atom. The Labute approximate surface area is 193 Å². The van der Waals surface area contributed by atoms with E-state index in [9.17, 15) is 18.0 Å². The molecule has 0 aliphatic heterocycles. The van der Waals surface area contributed by atoms with Crippen LogP contribution in [0.15, 0.2) is 61.1 Å². The summed E-state index contributed by atoms with van der Waals surface area (Å²) < 4.78 is 45.6. The zero-order valence-corrected chi connectivity index (χ0v) is 18.4. The predicted molar refractivity (Wildman–Crippen MR) is 123 cm³/mol. The highest BCUT2D eigenvalue weighted by Crippen LogP contribution is 2.38. The Balaban J connectivity index is 1.37. The largest absolute Gasteiger partial charge is 0.416 e. The maximum absolute atomic E-state index is 12.8. The number of fused-ring (bicyclic) bond motifs is 1. The first-order valence-electron chi connectivity index (χ1n) is 11.0. The fourth-order valence-electron chi connectivity index (χ4n) is 4.33. The summed E-state index contributed by atoms with van der Waals surface area (Å²) in [7, 11) is 1.65. The van der Waals surface area contributed by atoms with Gasteiger partial charge in [0.1, 0.15) is 0 Å². The molecule has 2 aromatic carbocycles. The smallest absolute Gasteiger partial charge is 0.378 e. The summed E-state index contributed by atoms with van der Waals surface area (Å²) in [6, 6.07) is 10.6. The van der Waals surface area contributed by atoms with E-state index in [1.165, 1.54) is 16.8 Å². The molecular weight excluding hydrogens is 445 g/mol. The number of ether oxygens (including phenoxy) is 1. The van der Waals surface area contributed by atoms with Crippen molar-refractivity contribution in [3.63, 3.8) is 0 Å². The van der Waals surface area contributed by atoms with Crippen molar-refractivity contribution >= 4 is 22.5 Å². The monoisotopic (exact) mass is 468 g/mol. The summed E-state index contributed by atoms with van der Waals surface area (Å²) in [5.74, 6) is -0.0945. The van der Waals surface area contributed by atoms with Gasteiger partial charge in [0.05, 0.1) is 35.2 Å². The van der Waals surface area contributed by atoms with E-state index in [0.717, 1.165) is 53.4 Å². The van der Waals surface area contributed by atoms with Crippen molar-refractivity contribution in [1.29, 1.82) is 0 Å². The molecule has 0 bridgehead atoms. The molecule has 2 aromatic heterocycles. The third kappa shape index (κ3) is 4.19. The van der Waals surface area contributed by atoms with Crippen molar-refractivity contribution in [2.75, 3.05) is 12.4 Å². The van der Waals surface area contributed by atoms with E-state index >= 15 is 0 Å². The lowest BCUT2D eigenvalue weighted by Gasteiger charge is -2.39. The second-order valence-electron chi connectivity index (χ2n) is 8.65. The quantitative estimate of drug-likeness (QED) is 0.368. The highest BCUT2D eigenvalue weighted by molar-refractivity contribution is 6.03. The number of methoxy groups -OCH3 is 1. The Morgan fingerprint density at radius 1 is 1.18 bits per heavy atom. The lowest BCUT2D eigenvalue weighted by molar-refractivity contribution is -0.137. The number of carbonyl (C=O) groups is 1. The van der Waals surface area contributed by atoms with Gasteiger partial charge in [0, 0.05) is 36.0 Å². The molecule has 2 heterocycles. The van der Waals surface area contributed by atoms with Crippen LogP contribution in [0.3, 0.4) is 0 Å². The van der Waals surface area contributed by atoms with Crippen LogP contribution in [0.1, 0.15) is 31.2 Å². The van der Waals surface area contributed by atoms with E-state index in [2.05, 4.69) is 15.4 Å². The molecule has 0 spiro atoms. The second-order valence-corrected chi connectivity index (χ2v) is 8.65. The summed E-state index contributed by atoms with van der Waals surface area (Å²) in [6.45, 7) is 0. The van der Waals surface area contributed by atoms with Crippen molar-refractivity contribution < 1.29 is 22.7 Å². The van der Waals surface area contributed by atoms with Crippen LogP contribution in [0.4, 0.5) is 18.9 Å². The van der Waals surface area contributed by atoms with Crippen molar-refractivity contribution in [1.82, 2.24) is 14.8 Å². The molecular formula is C25H23F3N4O2. The first kappa shape index (κ1) is 22.2. The summed E-state index contributed by atoms with van der Waals surface area (Å²) >= 11 is 0. The number of H-pyrrole nitrogens is 1. The van der Waals surface area contributed by atoms with Crippen molar-refractivity contribution in [3.05, 3.63) is 66.6 Å². The number of nitrogens with zero attached hydrogens (tertiary/aromatic N) is 2. The number of benzene rings is 2. The van der Waals surface area contributed by atoms with Crippen molar-refractivity contribution in [2.24, 2.45) is 0 Å². The highest BCUT2D eigenvalue weighted by Gasteiger charge is 2.39. The van der Waals surface area contributed by atoms with Gasteiger partial charge < -0.3 is 15.0 Å². The Bertz CT molecular complexity index is 1330. The van der Waals surface area contributed by atoms with Crippen LogP contribution >= 0.6 is 0 Å². The fourth-order valence-corrected chi connectivity index (χ4v) is 4.33. The van der Waals surface area contributed by atoms with Gasteiger partial charge in [-0.05, 0) is 61.2 Å². The van der Waals surface area contributed by atoms with Gasteiger partial charge in [-0.3, -0.25) is 4.79 Å². The van der Waals surface area contributed by atoms with Gasteiger partial charge in [-0.15, -0.1) is 0 Å². The molecule has 34 heavy (non-hydrogen) atoms. The van der Waals surface area contributed by atoms with Crippen LogP contribution in [0.25, 0.3) is 27.7 Å². The van der Waals surface area contributed by atoms with Crippen molar-refractivity contribution in [2.45, 2.75) is 37.5 Å². The normalized spacial score (nSPS) is 15.3. The van der Waals surface area contributed by atoms with Gasteiger partial charge in [0.25, 0.3) is 0 Å². The molecule has 1 aliphatic carbocycles. The summed E-state index contributed by atoms with van der Waals surface area (Å²) in [5, 5.41) is 8.14. The van der Waals surface area contributed by atoms with Crippen LogP contribution in [0.5, 0.6) is 0 Å². The number of nitrogens with one attached hydrogen (secondary N) is 2. The molecule has 1 amide bonds. The summed E-state index contributed by atoms with van der Waals surface area (Å²) in [5.41, 5.74) is 2.69. The molecule has 176 valence electrons. The lowest BCUT2D eigenvalue weighted by Crippen LogP contribution is -2.42. The average molecular weight is 468 g/mol. The number of aromatic amines is 1. The molecule has 1 aliphatic rings. The maximum atomic E-state index is 12.8. The van der Waals surface area contributed by atoms with Gasteiger partial charge in [0.2, 0.25) is 5.91 Å². The van der Waals surface area contributed by atoms with Gasteiger partial charge in [-0.2, -0.15) is 18.3 Å². The van der Waals surface area contributed by atoms with Gasteiger partial charge in [0.15, 0.2) is 0 Å². The van der Waals surface area contributed by atoms with Gasteiger partial charge in [-0.1, -0.05) is 6.07 Å². The molecule has 2 N–H and O–H groups in total. The minimum atomic E-state index is -4.38. The molecule has 5 rings (SSSR count). The number of anilines is 1. The fraction of sp³-hybridized carbons (Fsp3) is 0.280. The molecule has 9 heteroatoms. The molecule has 1 saturated carbocycles. The Kier molecular flexibility index (Phi) is 5.44. The van der Waals surface area contributed by atoms with Crippen LogP contribution in [0.2, 0.25) is 0 Å². The Morgan fingerprint density at radius 3 is 2.59 bits per heavy atom. The maximum Gasteiger partial charge on any atom is 0.416 e. The van der Waals surface area contributed by atoms with E-state index in [1.807, 2.05) is 18.2 Å².